The number of rotatable bonds is 0. The van der Waals surface area contributed by atoms with Gasteiger partial charge in [0.05, 0.1) is 0 Å². The van der Waals surface area contributed by atoms with Crippen LogP contribution in [0.1, 0.15) is 32.1 Å². The lowest BCUT2D eigenvalue weighted by atomic mass is 9.82. The zero-order valence-corrected chi connectivity index (χ0v) is 7.00. The summed E-state index contributed by atoms with van der Waals surface area (Å²) in [6.07, 6.45) is 8.14. The van der Waals surface area contributed by atoms with Gasteiger partial charge < -0.3 is 0 Å². The van der Waals surface area contributed by atoms with E-state index in [0.29, 0.717) is 0 Å². The summed E-state index contributed by atoms with van der Waals surface area (Å²) in [4.78, 5) is 0. The molecule has 11 heavy (non-hydrogen) atoms. The third-order valence-electron chi connectivity index (χ3n) is 5.05. The zero-order valence-electron chi connectivity index (χ0n) is 7.00. The van der Waals surface area contributed by atoms with Gasteiger partial charge in [0.2, 0.25) is 0 Å². The van der Waals surface area contributed by atoms with Crippen molar-refractivity contribution in [3.8, 4) is 0 Å². The van der Waals surface area contributed by atoms with Crippen LogP contribution >= 0.6 is 0 Å². The molecule has 0 spiro atoms. The van der Waals surface area contributed by atoms with E-state index in [-0.39, 0.29) is 0 Å². The molecule has 6 atom stereocenters. The van der Waals surface area contributed by atoms with E-state index in [1.54, 1.807) is 32.1 Å². The van der Waals surface area contributed by atoms with Crippen LogP contribution in [0.5, 0.6) is 0 Å². The minimum absolute atomic E-state index is 1.20. The van der Waals surface area contributed by atoms with E-state index >= 15 is 0 Å². The van der Waals surface area contributed by atoms with Gasteiger partial charge in [0.15, 0.2) is 0 Å². The van der Waals surface area contributed by atoms with Gasteiger partial charge >= 0.3 is 0 Å². The average molecular weight is 148 g/mol. The molecule has 0 radical (unpaired) electrons. The highest BCUT2D eigenvalue weighted by Gasteiger charge is 2.61. The van der Waals surface area contributed by atoms with Gasteiger partial charge in [0.1, 0.15) is 0 Å². The summed E-state index contributed by atoms with van der Waals surface area (Å²) in [6, 6.07) is 0. The maximum Gasteiger partial charge on any atom is -0.0349 e. The third kappa shape index (κ3) is 0.588. The van der Waals surface area contributed by atoms with Crippen molar-refractivity contribution in [2.24, 2.45) is 35.5 Å². The Morgan fingerprint density at radius 3 is 2.45 bits per heavy atom. The predicted molar refractivity (Wildman–Crippen MR) is 44.0 cm³/mol. The lowest BCUT2D eigenvalue weighted by molar-refractivity contribution is 0.260. The first kappa shape index (κ1) is 5.61. The van der Waals surface area contributed by atoms with Gasteiger partial charge in [0, 0.05) is 0 Å². The van der Waals surface area contributed by atoms with Crippen LogP contribution in [-0.2, 0) is 0 Å². The second-order valence-corrected chi connectivity index (χ2v) is 5.46. The fourth-order valence-electron chi connectivity index (χ4n) is 4.38. The second kappa shape index (κ2) is 1.53. The standard InChI is InChI=1S/C11H16/c1-2-8-9-4-7(9)3-6(1)10-5-11(8)10/h6-11H,1-5H2. The molecule has 0 amide bonds. The van der Waals surface area contributed by atoms with E-state index in [4.69, 9.17) is 0 Å². The second-order valence-electron chi connectivity index (χ2n) is 5.46. The van der Waals surface area contributed by atoms with Crippen LogP contribution in [0.3, 0.4) is 0 Å². The minimum Gasteiger partial charge on any atom is -0.0499 e. The van der Waals surface area contributed by atoms with Crippen molar-refractivity contribution < 1.29 is 0 Å². The predicted octanol–water partition coefficient (Wildman–Crippen LogP) is 2.69. The van der Waals surface area contributed by atoms with Crippen molar-refractivity contribution in [3.05, 3.63) is 0 Å². The molecular weight excluding hydrogens is 132 g/mol. The maximum atomic E-state index is 1.64. The zero-order chi connectivity index (χ0) is 7.00. The summed E-state index contributed by atoms with van der Waals surface area (Å²) in [7, 11) is 0. The van der Waals surface area contributed by atoms with Gasteiger partial charge in [-0.3, -0.25) is 0 Å². The molecule has 0 aromatic carbocycles. The molecule has 6 unspecified atom stereocenters. The van der Waals surface area contributed by atoms with Gasteiger partial charge in [-0.2, -0.15) is 0 Å². The summed E-state index contributed by atoms with van der Waals surface area (Å²) in [5.74, 6) is 7.36. The molecule has 5 saturated carbocycles. The van der Waals surface area contributed by atoms with Crippen LogP contribution in [0.4, 0.5) is 0 Å². The molecular formula is C11H16. The molecule has 5 aliphatic carbocycles. The smallest absolute Gasteiger partial charge is 0.0349 e. The molecule has 0 N–H and O–H groups in total. The Morgan fingerprint density at radius 1 is 0.545 bits per heavy atom. The number of hydrogen-bond donors (Lipinski definition) is 0. The van der Waals surface area contributed by atoms with Gasteiger partial charge in [0.25, 0.3) is 0 Å². The lowest BCUT2D eigenvalue weighted by Crippen LogP contribution is -2.15. The van der Waals surface area contributed by atoms with E-state index in [0.717, 1.165) is 0 Å². The molecule has 0 nitrogen and oxygen atoms in total. The Kier molecular flexibility index (Phi) is 0.781. The first-order valence-electron chi connectivity index (χ1n) is 5.43. The van der Waals surface area contributed by atoms with Crippen molar-refractivity contribution >= 4 is 0 Å². The molecule has 0 aromatic heterocycles. The van der Waals surface area contributed by atoms with E-state index in [2.05, 4.69) is 0 Å². The molecule has 0 aromatic rings. The van der Waals surface area contributed by atoms with Gasteiger partial charge in [-0.15, -0.1) is 0 Å². The van der Waals surface area contributed by atoms with Gasteiger partial charge in [-0.25, -0.2) is 0 Å². The fraction of sp³-hybridized carbons (Fsp3) is 1.00. The van der Waals surface area contributed by atoms with Crippen LogP contribution in [0.15, 0.2) is 0 Å². The molecule has 60 valence electrons. The first-order chi connectivity index (χ1) is 5.43. The average Bonchev–Trinajstić information content (AvgIpc) is 2.78. The summed E-state index contributed by atoms with van der Waals surface area (Å²) in [5, 5.41) is 0. The molecule has 0 saturated heterocycles. The fourth-order valence-corrected chi connectivity index (χ4v) is 4.38. The Labute approximate surface area is 68.4 Å². The number of hydrogen-bond acceptors (Lipinski definition) is 0. The summed E-state index contributed by atoms with van der Waals surface area (Å²) >= 11 is 0. The van der Waals surface area contributed by atoms with Crippen LogP contribution in [-0.4, -0.2) is 0 Å². The molecule has 5 aliphatic rings. The molecule has 0 heterocycles. The van der Waals surface area contributed by atoms with Gasteiger partial charge in [-0.05, 0) is 67.6 Å². The summed E-state index contributed by atoms with van der Waals surface area (Å²) in [5.41, 5.74) is 0. The normalized spacial score (nSPS) is 69.8. The maximum absolute atomic E-state index is 1.64. The quantitative estimate of drug-likeness (QED) is 0.495. The highest BCUT2D eigenvalue weighted by Crippen LogP contribution is 2.69. The van der Waals surface area contributed by atoms with Gasteiger partial charge in [-0.1, -0.05) is 0 Å². The lowest BCUT2D eigenvalue weighted by Gasteiger charge is -2.24. The van der Waals surface area contributed by atoms with Crippen molar-refractivity contribution in [1.29, 1.82) is 0 Å². The summed E-state index contributed by atoms with van der Waals surface area (Å²) in [6.45, 7) is 0. The largest absolute Gasteiger partial charge is 0.0499 e. The molecule has 2 bridgehead atoms. The molecule has 0 heteroatoms. The Balaban J connectivity index is 1.78. The van der Waals surface area contributed by atoms with E-state index in [1.807, 2.05) is 0 Å². The summed E-state index contributed by atoms with van der Waals surface area (Å²) < 4.78 is 0. The Morgan fingerprint density at radius 2 is 1.45 bits per heavy atom. The Hall–Kier alpha value is 0. The van der Waals surface area contributed by atoms with Crippen molar-refractivity contribution in [1.82, 2.24) is 0 Å². The topological polar surface area (TPSA) is 0 Å². The monoisotopic (exact) mass is 148 g/mol. The van der Waals surface area contributed by atoms with E-state index in [9.17, 15) is 0 Å². The van der Waals surface area contributed by atoms with E-state index in [1.165, 1.54) is 35.5 Å². The van der Waals surface area contributed by atoms with Crippen molar-refractivity contribution in [2.45, 2.75) is 32.1 Å². The molecule has 0 aliphatic heterocycles. The van der Waals surface area contributed by atoms with Crippen LogP contribution in [0.2, 0.25) is 0 Å². The minimum atomic E-state index is 1.20. The SMILES string of the molecule is C1CC2C3CC3CC1C1CC12. The van der Waals surface area contributed by atoms with Crippen LogP contribution < -0.4 is 0 Å². The molecule has 5 fully saturated rings. The Bertz CT molecular complexity index is 206. The molecule has 5 rings (SSSR count). The van der Waals surface area contributed by atoms with Crippen molar-refractivity contribution in [3.63, 3.8) is 0 Å². The number of fused-ring (bicyclic) bond motifs is 1. The third-order valence-corrected chi connectivity index (χ3v) is 5.05. The highest BCUT2D eigenvalue weighted by atomic mass is 14.7. The van der Waals surface area contributed by atoms with Crippen LogP contribution in [0.25, 0.3) is 0 Å². The van der Waals surface area contributed by atoms with E-state index < -0.39 is 0 Å². The van der Waals surface area contributed by atoms with Crippen LogP contribution in [0, 0.1) is 35.5 Å². The highest BCUT2D eigenvalue weighted by molar-refractivity contribution is 5.10. The first-order valence-corrected chi connectivity index (χ1v) is 5.43. The van der Waals surface area contributed by atoms with Crippen molar-refractivity contribution in [2.75, 3.05) is 0 Å².